The minimum atomic E-state index is 0.529. The Morgan fingerprint density at radius 1 is 0.947 bits per heavy atom. The smallest absolute Gasteiger partial charge is 0.218 e. The molecule has 2 aromatic carbocycles. The Kier molecular flexibility index (Phi) is 3.04. The molecule has 0 fully saturated rings. The molecule has 0 radical (unpaired) electrons. The zero-order valence-corrected chi connectivity index (χ0v) is 10.6. The lowest BCUT2D eigenvalue weighted by Crippen LogP contribution is -1.90. The maximum Gasteiger partial charge on any atom is 0.218 e. The van der Waals surface area contributed by atoms with Crippen molar-refractivity contribution in [1.29, 1.82) is 0 Å². The number of hydrogen-bond donors (Lipinski definition) is 1. The third-order valence-corrected chi connectivity index (χ3v) is 3.35. The standard InChI is InChI=1S/C17H14N2/c1-18-12-11-15-14-9-5-6-10-16(14)19-17(15)13-7-3-2-4-8-13/h2-10,19H,11-12H2. The first-order chi connectivity index (χ1) is 9.40. The summed E-state index contributed by atoms with van der Waals surface area (Å²) in [7, 11) is 0. The predicted molar refractivity (Wildman–Crippen MR) is 78.9 cm³/mol. The monoisotopic (exact) mass is 246 g/mol. The minimum Gasteiger partial charge on any atom is -0.354 e. The number of fused-ring (bicyclic) bond motifs is 1. The summed E-state index contributed by atoms with van der Waals surface area (Å²) in [6.07, 6.45) is 0.789. The number of aromatic amines is 1. The van der Waals surface area contributed by atoms with Gasteiger partial charge in [0.05, 0.1) is 0 Å². The number of H-pyrrole nitrogens is 1. The zero-order chi connectivity index (χ0) is 13.1. The van der Waals surface area contributed by atoms with Gasteiger partial charge in [-0.25, -0.2) is 6.57 Å². The normalized spacial score (nSPS) is 10.5. The molecule has 1 N–H and O–H groups in total. The first-order valence-electron chi connectivity index (χ1n) is 6.38. The average molecular weight is 246 g/mol. The fourth-order valence-corrected chi connectivity index (χ4v) is 2.48. The Bertz CT molecular complexity index is 733. The second kappa shape index (κ2) is 4.99. The summed E-state index contributed by atoms with van der Waals surface area (Å²) in [5.41, 5.74) is 4.71. The number of benzene rings is 2. The van der Waals surface area contributed by atoms with Crippen LogP contribution in [-0.2, 0) is 6.42 Å². The second-order valence-corrected chi connectivity index (χ2v) is 4.52. The number of hydrogen-bond acceptors (Lipinski definition) is 0. The van der Waals surface area contributed by atoms with Gasteiger partial charge in [0.2, 0.25) is 6.54 Å². The zero-order valence-electron chi connectivity index (χ0n) is 10.6. The van der Waals surface area contributed by atoms with E-state index in [0.29, 0.717) is 6.54 Å². The average Bonchev–Trinajstić information content (AvgIpc) is 2.85. The topological polar surface area (TPSA) is 20.1 Å². The molecule has 2 heteroatoms. The summed E-state index contributed by atoms with van der Waals surface area (Å²) in [6, 6.07) is 18.6. The Morgan fingerprint density at radius 2 is 1.68 bits per heavy atom. The van der Waals surface area contributed by atoms with E-state index in [1.165, 1.54) is 16.5 Å². The van der Waals surface area contributed by atoms with Crippen LogP contribution in [0.25, 0.3) is 27.0 Å². The second-order valence-electron chi connectivity index (χ2n) is 4.52. The quantitative estimate of drug-likeness (QED) is 0.665. The van der Waals surface area contributed by atoms with Crippen molar-refractivity contribution in [3.63, 3.8) is 0 Å². The van der Waals surface area contributed by atoms with E-state index in [2.05, 4.69) is 34.1 Å². The maximum atomic E-state index is 7.00. The minimum absolute atomic E-state index is 0.529. The van der Waals surface area contributed by atoms with E-state index in [0.717, 1.165) is 17.6 Å². The largest absolute Gasteiger partial charge is 0.354 e. The van der Waals surface area contributed by atoms with Crippen LogP contribution in [0, 0.1) is 6.57 Å². The van der Waals surface area contributed by atoms with Gasteiger partial charge in [-0.15, -0.1) is 0 Å². The molecular formula is C17H14N2. The van der Waals surface area contributed by atoms with Crippen LogP contribution < -0.4 is 0 Å². The van der Waals surface area contributed by atoms with Gasteiger partial charge in [-0.3, -0.25) is 0 Å². The first-order valence-corrected chi connectivity index (χ1v) is 6.38. The van der Waals surface area contributed by atoms with Crippen LogP contribution in [0.5, 0.6) is 0 Å². The molecule has 1 aromatic heterocycles. The molecule has 0 unspecified atom stereocenters. The lowest BCUT2D eigenvalue weighted by molar-refractivity contribution is 1.09. The molecule has 0 saturated carbocycles. The molecule has 0 saturated heterocycles. The molecule has 0 spiro atoms. The molecule has 0 amide bonds. The van der Waals surface area contributed by atoms with Crippen molar-refractivity contribution in [3.8, 4) is 11.3 Å². The third kappa shape index (κ3) is 2.11. The summed E-state index contributed by atoms with van der Waals surface area (Å²) in [5, 5.41) is 1.23. The summed E-state index contributed by atoms with van der Waals surface area (Å²) in [6.45, 7) is 7.53. The summed E-state index contributed by atoms with van der Waals surface area (Å²) >= 11 is 0. The number of rotatable bonds is 3. The van der Waals surface area contributed by atoms with E-state index >= 15 is 0 Å². The highest BCUT2D eigenvalue weighted by Gasteiger charge is 2.13. The van der Waals surface area contributed by atoms with Crippen LogP contribution in [0.3, 0.4) is 0 Å². The van der Waals surface area contributed by atoms with Crippen molar-refractivity contribution in [1.82, 2.24) is 4.98 Å². The van der Waals surface area contributed by atoms with Crippen molar-refractivity contribution < 1.29 is 0 Å². The Hall–Kier alpha value is -2.53. The van der Waals surface area contributed by atoms with Crippen LogP contribution in [0.15, 0.2) is 54.6 Å². The molecular weight excluding hydrogens is 232 g/mol. The number of nitrogens with zero attached hydrogens (tertiary/aromatic N) is 1. The number of aromatic nitrogens is 1. The molecule has 1 heterocycles. The number of nitrogens with one attached hydrogen (secondary N) is 1. The molecule has 0 atom stereocenters. The van der Waals surface area contributed by atoms with Crippen LogP contribution in [0.1, 0.15) is 5.56 Å². The van der Waals surface area contributed by atoms with Crippen molar-refractivity contribution >= 4 is 10.9 Å². The molecule has 3 aromatic rings. The highest BCUT2D eigenvalue weighted by atomic mass is 14.7. The van der Waals surface area contributed by atoms with E-state index < -0.39 is 0 Å². The molecule has 92 valence electrons. The van der Waals surface area contributed by atoms with Gasteiger partial charge in [-0.05, 0) is 17.2 Å². The highest BCUT2D eigenvalue weighted by Crippen LogP contribution is 2.30. The Morgan fingerprint density at radius 3 is 2.47 bits per heavy atom. The van der Waals surface area contributed by atoms with Gasteiger partial charge in [0.25, 0.3) is 0 Å². The molecule has 3 rings (SSSR count). The molecule has 0 bridgehead atoms. The molecule has 0 aliphatic rings. The fraction of sp³-hybridized carbons (Fsp3) is 0.118. The van der Waals surface area contributed by atoms with Crippen molar-refractivity contribution in [2.24, 2.45) is 0 Å². The van der Waals surface area contributed by atoms with Gasteiger partial charge < -0.3 is 9.83 Å². The fourth-order valence-electron chi connectivity index (χ4n) is 2.48. The van der Waals surface area contributed by atoms with Crippen LogP contribution in [-0.4, -0.2) is 11.5 Å². The number of para-hydroxylation sites is 1. The van der Waals surface area contributed by atoms with E-state index in [9.17, 15) is 0 Å². The van der Waals surface area contributed by atoms with Gasteiger partial charge in [0, 0.05) is 23.0 Å². The summed E-state index contributed by atoms with van der Waals surface area (Å²) < 4.78 is 0. The van der Waals surface area contributed by atoms with E-state index in [4.69, 9.17) is 6.57 Å². The Labute approximate surface area is 112 Å². The maximum absolute atomic E-state index is 7.00. The van der Waals surface area contributed by atoms with E-state index in [-0.39, 0.29) is 0 Å². The van der Waals surface area contributed by atoms with Gasteiger partial charge in [-0.1, -0.05) is 48.5 Å². The van der Waals surface area contributed by atoms with Crippen LogP contribution in [0.4, 0.5) is 0 Å². The van der Waals surface area contributed by atoms with Crippen molar-refractivity contribution in [2.45, 2.75) is 6.42 Å². The highest BCUT2D eigenvalue weighted by molar-refractivity contribution is 5.90. The predicted octanol–water partition coefficient (Wildman–Crippen LogP) is 4.30. The molecule has 19 heavy (non-hydrogen) atoms. The SMILES string of the molecule is [C-]#[N+]CCc1c(-c2ccccc2)[nH]c2ccccc12. The molecule has 0 aliphatic carbocycles. The van der Waals surface area contributed by atoms with Crippen LogP contribution >= 0.6 is 0 Å². The lowest BCUT2D eigenvalue weighted by atomic mass is 10.0. The van der Waals surface area contributed by atoms with Crippen molar-refractivity contribution in [2.75, 3.05) is 6.54 Å². The summed E-state index contributed by atoms with van der Waals surface area (Å²) in [4.78, 5) is 6.97. The van der Waals surface area contributed by atoms with Crippen LogP contribution in [0.2, 0.25) is 0 Å². The van der Waals surface area contributed by atoms with E-state index in [1.807, 2.05) is 30.3 Å². The molecule has 0 aliphatic heterocycles. The summed E-state index contributed by atoms with van der Waals surface area (Å²) in [5.74, 6) is 0. The van der Waals surface area contributed by atoms with E-state index in [1.54, 1.807) is 0 Å². The lowest BCUT2D eigenvalue weighted by Gasteiger charge is -2.02. The van der Waals surface area contributed by atoms with Gasteiger partial charge >= 0.3 is 0 Å². The molecule has 2 nitrogen and oxygen atoms in total. The third-order valence-electron chi connectivity index (χ3n) is 3.35. The first kappa shape index (κ1) is 11.6. The van der Waals surface area contributed by atoms with Gasteiger partial charge in [0.15, 0.2) is 0 Å². The van der Waals surface area contributed by atoms with Gasteiger partial charge in [-0.2, -0.15) is 0 Å². The van der Waals surface area contributed by atoms with Crippen molar-refractivity contribution in [3.05, 3.63) is 71.6 Å². The van der Waals surface area contributed by atoms with Gasteiger partial charge in [0.1, 0.15) is 0 Å². The Balaban J connectivity index is 2.20.